The van der Waals surface area contributed by atoms with E-state index in [1.54, 1.807) is 6.07 Å². The number of nitrogens with one attached hydrogen (secondary N) is 1. The lowest BCUT2D eigenvalue weighted by atomic mass is 9.92. The first-order valence-electron chi connectivity index (χ1n) is 11.9. The van der Waals surface area contributed by atoms with Gasteiger partial charge in [-0.3, -0.25) is 4.90 Å². The second-order valence-corrected chi connectivity index (χ2v) is 9.40. The van der Waals surface area contributed by atoms with Crippen molar-refractivity contribution in [2.45, 2.75) is 40.2 Å². The number of thiocarbonyl (C=S) groups is 1. The molecule has 0 aliphatic carbocycles. The summed E-state index contributed by atoms with van der Waals surface area (Å²) in [5, 5.41) is 8.19. The molecule has 36 heavy (non-hydrogen) atoms. The highest BCUT2D eigenvalue weighted by Crippen LogP contribution is 2.39. The fraction of sp³-hybridized carbons (Fsp3) is 0.207. The van der Waals surface area contributed by atoms with Gasteiger partial charge >= 0.3 is 0 Å². The first kappa shape index (κ1) is 23.9. The zero-order valence-corrected chi connectivity index (χ0v) is 21.5. The van der Waals surface area contributed by atoms with E-state index in [2.05, 4.69) is 61.6 Å². The first-order chi connectivity index (χ1) is 17.4. The summed E-state index contributed by atoms with van der Waals surface area (Å²) < 4.78 is 19.9. The van der Waals surface area contributed by atoms with Crippen molar-refractivity contribution in [1.82, 2.24) is 15.5 Å². The fourth-order valence-electron chi connectivity index (χ4n) is 4.48. The fourth-order valence-corrected chi connectivity index (χ4v) is 4.84. The highest BCUT2D eigenvalue weighted by molar-refractivity contribution is 7.80. The molecule has 2 heterocycles. The molecular formula is C29H27FN4OS. The molecule has 0 spiro atoms. The van der Waals surface area contributed by atoms with Crippen LogP contribution in [0.4, 0.5) is 10.1 Å². The van der Waals surface area contributed by atoms with Gasteiger partial charge in [-0.1, -0.05) is 60.6 Å². The largest absolute Gasteiger partial charge is 0.351 e. The van der Waals surface area contributed by atoms with Crippen LogP contribution in [-0.4, -0.2) is 15.3 Å². The Morgan fingerprint density at radius 1 is 1.00 bits per heavy atom. The minimum absolute atomic E-state index is 0.308. The Kier molecular flexibility index (Phi) is 6.41. The number of aryl methyl sites for hydroxylation is 3. The van der Waals surface area contributed by atoms with Crippen LogP contribution in [0.2, 0.25) is 0 Å². The SMILES string of the molecule is CCc1ccc(-c2noc(C3=C(C)N(c4cccc(F)c4)C(=S)NC3c3ccc(C)c(C)c3)n2)cc1. The van der Waals surface area contributed by atoms with Gasteiger partial charge in [0, 0.05) is 11.3 Å². The van der Waals surface area contributed by atoms with Gasteiger partial charge in [-0.2, -0.15) is 4.98 Å². The topological polar surface area (TPSA) is 54.2 Å². The Labute approximate surface area is 215 Å². The molecule has 5 rings (SSSR count). The van der Waals surface area contributed by atoms with Gasteiger partial charge in [-0.15, -0.1) is 0 Å². The van der Waals surface area contributed by atoms with Crippen molar-refractivity contribution in [3.05, 3.63) is 106 Å². The summed E-state index contributed by atoms with van der Waals surface area (Å²) in [7, 11) is 0. The van der Waals surface area contributed by atoms with Crippen molar-refractivity contribution < 1.29 is 8.91 Å². The molecule has 1 N–H and O–H groups in total. The Bertz CT molecular complexity index is 1470. The molecule has 1 unspecified atom stereocenters. The van der Waals surface area contributed by atoms with Gasteiger partial charge in [-0.05, 0) is 79.9 Å². The van der Waals surface area contributed by atoms with Crippen LogP contribution >= 0.6 is 12.2 Å². The molecular weight excluding hydrogens is 471 g/mol. The van der Waals surface area contributed by atoms with Crippen molar-refractivity contribution in [3.8, 4) is 11.4 Å². The van der Waals surface area contributed by atoms with Crippen LogP contribution in [0.1, 0.15) is 48.0 Å². The normalized spacial score (nSPS) is 15.9. The molecule has 5 nitrogen and oxygen atoms in total. The highest BCUT2D eigenvalue weighted by Gasteiger charge is 2.35. The maximum atomic E-state index is 14.1. The summed E-state index contributed by atoms with van der Waals surface area (Å²) in [5.41, 5.74) is 7.74. The van der Waals surface area contributed by atoms with E-state index in [0.717, 1.165) is 28.8 Å². The van der Waals surface area contributed by atoms with Crippen LogP contribution in [0, 0.1) is 19.7 Å². The quantitative estimate of drug-likeness (QED) is 0.301. The van der Waals surface area contributed by atoms with E-state index in [0.29, 0.717) is 22.5 Å². The number of benzene rings is 3. The monoisotopic (exact) mass is 498 g/mol. The number of allylic oxidation sites excluding steroid dienone is 1. The van der Waals surface area contributed by atoms with Crippen molar-refractivity contribution >= 4 is 28.6 Å². The van der Waals surface area contributed by atoms with Crippen LogP contribution in [0.3, 0.4) is 0 Å². The number of anilines is 1. The lowest BCUT2D eigenvalue weighted by molar-refractivity contribution is 0.404. The maximum absolute atomic E-state index is 14.1. The van der Waals surface area contributed by atoms with E-state index in [1.807, 2.05) is 30.0 Å². The molecule has 1 aliphatic heterocycles. The molecule has 1 aliphatic rings. The van der Waals surface area contributed by atoms with Crippen LogP contribution in [-0.2, 0) is 6.42 Å². The van der Waals surface area contributed by atoms with Gasteiger partial charge < -0.3 is 9.84 Å². The van der Waals surface area contributed by atoms with E-state index < -0.39 is 0 Å². The maximum Gasteiger partial charge on any atom is 0.258 e. The number of aromatic nitrogens is 2. The molecule has 0 saturated heterocycles. The highest BCUT2D eigenvalue weighted by atomic mass is 32.1. The molecule has 7 heteroatoms. The number of rotatable bonds is 5. The first-order valence-corrected chi connectivity index (χ1v) is 12.3. The van der Waals surface area contributed by atoms with Gasteiger partial charge in [-0.25, -0.2) is 4.39 Å². The van der Waals surface area contributed by atoms with Crippen molar-refractivity contribution in [1.29, 1.82) is 0 Å². The van der Waals surface area contributed by atoms with Crippen LogP contribution < -0.4 is 10.2 Å². The second-order valence-electron chi connectivity index (χ2n) is 9.01. The van der Waals surface area contributed by atoms with E-state index in [1.165, 1.54) is 28.8 Å². The van der Waals surface area contributed by atoms with Crippen molar-refractivity contribution in [3.63, 3.8) is 0 Å². The molecule has 1 aromatic heterocycles. The van der Waals surface area contributed by atoms with Crippen molar-refractivity contribution in [2.75, 3.05) is 4.90 Å². The van der Waals surface area contributed by atoms with Crippen LogP contribution in [0.5, 0.6) is 0 Å². The molecule has 0 fully saturated rings. The average Bonchev–Trinajstić information content (AvgIpc) is 3.35. The Morgan fingerprint density at radius 2 is 1.78 bits per heavy atom. The number of nitrogens with zero attached hydrogens (tertiary/aromatic N) is 3. The summed E-state index contributed by atoms with van der Waals surface area (Å²) in [6.45, 7) is 8.23. The summed E-state index contributed by atoms with van der Waals surface area (Å²) in [6, 6.07) is 20.5. The van der Waals surface area contributed by atoms with Crippen LogP contribution in [0.25, 0.3) is 17.0 Å². The molecule has 0 radical (unpaired) electrons. The third kappa shape index (κ3) is 4.42. The summed E-state index contributed by atoms with van der Waals surface area (Å²) in [6.07, 6.45) is 0.961. The Balaban J connectivity index is 1.65. The number of hydrogen-bond acceptors (Lipinski definition) is 4. The molecule has 0 amide bonds. The van der Waals surface area contributed by atoms with Gasteiger partial charge in [0.15, 0.2) is 5.11 Å². The Hall–Kier alpha value is -3.84. The lowest BCUT2D eigenvalue weighted by Crippen LogP contribution is -2.46. The van der Waals surface area contributed by atoms with E-state index in [-0.39, 0.29) is 11.9 Å². The second kappa shape index (κ2) is 9.66. The average molecular weight is 499 g/mol. The minimum atomic E-state index is -0.337. The predicted octanol–water partition coefficient (Wildman–Crippen LogP) is 6.92. The molecule has 0 saturated carbocycles. The molecule has 3 aromatic carbocycles. The van der Waals surface area contributed by atoms with Crippen molar-refractivity contribution in [2.24, 2.45) is 0 Å². The third-order valence-corrected chi connectivity index (χ3v) is 6.99. The van der Waals surface area contributed by atoms with E-state index >= 15 is 0 Å². The summed E-state index contributed by atoms with van der Waals surface area (Å²) >= 11 is 5.77. The number of halogens is 1. The third-order valence-electron chi connectivity index (χ3n) is 6.69. The Morgan fingerprint density at radius 3 is 2.47 bits per heavy atom. The molecule has 4 aromatic rings. The predicted molar refractivity (Wildman–Crippen MR) is 145 cm³/mol. The molecule has 182 valence electrons. The minimum Gasteiger partial charge on any atom is -0.351 e. The van der Waals surface area contributed by atoms with E-state index in [4.69, 9.17) is 21.7 Å². The molecule has 0 bridgehead atoms. The smallest absolute Gasteiger partial charge is 0.258 e. The lowest BCUT2D eigenvalue weighted by Gasteiger charge is -2.37. The standard InChI is InChI=1S/C29H27FN4OS/c1-5-20-10-13-21(14-11-20)27-32-28(35-33-27)25-19(4)34(24-8-6-7-23(30)16-24)29(36)31-26(25)22-12-9-17(2)18(3)15-22/h6-16,26H,5H2,1-4H3,(H,31,36). The van der Waals surface area contributed by atoms with Gasteiger partial charge in [0.2, 0.25) is 5.82 Å². The summed E-state index contributed by atoms with van der Waals surface area (Å²) in [5.74, 6) is 0.565. The zero-order valence-electron chi connectivity index (χ0n) is 20.7. The van der Waals surface area contributed by atoms with Gasteiger partial charge in [0.05, 0.1) is 17.3 Å². The van der Waals surface area contributed by atoms with Crippen LogP contribution in [0.15, 0.2) is 77.0 Å². The molecule has 1 atom stereocenters. The van der Waals surface area contributed by atoms with E-state index in [9.17, 15) is 4.39 Å². The number of hydrogen-bond donors (Lipinski definition) is 1. The summed E-state index contributed by atoms with van der Waals surface area (Å²) in [4.78, 5) is 6.59. The van der Waals surface area contributed by atoms with Gasteiger partial charge in [0.25, 0.3) is 5.89 Å². The van der Waals surface area contributed by atoms with Gasteiger partial charge in [0.1, 0.15) is 5.82 Å². The zero-order chi connectivity index (χ0) is 25.4.